The first-order chi connectivity index (χ1) is 13.1. The van der Waals surface area contributed by atoms with Crippen LogP contribution in [0.2, 0.25) is 0 Å². The fourth-order valence-electron chi connectivity index (χ4n) is 4.19. The molecule has 1 aromatic carbocycles. The number of aromatic nitrogens is 1. The number of nitrogens with zero attached hydrogens (tertiary/aromatic N) is 3. The molecule has 2 heterocycles. The van der Waals surface area contributed by atoms with Crippen molar-refractivity contribution in [2.75, 3.05) is 26.7 Å². The highest BCUT2D eigenvalue weighted by molar-refractivity contribution is 14.0. The zero-order valence-corrected chi connectivity index (χ0v) is 19.8. The van der Waals surface area contributed by atoms with Gasteiger partial charge in [-0.1, -0.05) is 42.4 Å². The predicted octanol–water partition coefficient (Wildman–Crippen LogP) is 4.54. The topological polar surface area (TPSA) is 53.7 Å². The highest BCUT2D eigenvalue weighted by atomic mass is 127. The maximum Gasteiger partial charge on any atom is 0.193 e. The van der Waals surface area contributed by atoms with E-state index < -0.39 is 0 Å². The molecular formula is C22H33IN4O. The van der Waals surface area contributed by atoms with Gasteiger partial charge in [0.05, 0.1) is 5.69 Å². The SMILES string of the molecule is CN=C(NCCCc1c(C)noc1C)N1CCC(c2ccccc2)C(C)C1.I. The van der Waals surface area contributed by atoms with Crippen molar-refractivity contribution in [1.82, 2.24) is 15.4 Å². The molecule has 3 rings (SSSR count). The number of likely N-dealkylation sites (tertiary alicyclic amines) is 1. The molecule has 28 heavy (non-hydrogen) atoms. The number of rotatable bonds is 5. The Balaban J connectivity index is 0.00000280. The van der Waals surface area contributed by atoms with Gasteiger partial charge in [0.1, 0.15) is 5.76 Å². The molecule has 0 saturated carbocycles. The second kappa shape index (κ2) is 10.8. The predicted molar refractivity (Wildman–Crippen MR) is 126 cm³/mol. The van der Waals surface area contributed by atoms with Crippen molar-refractivity contribution in [1.29, 1.82) is 0 Å². The standard InChI is InChI=1S/C22H32N4O.HI/c1-16-15-26(14-12-20(16)19-9-6-5-7-10-19)22(23-4)24-13-8-11-21-17(2)25-27-18(21)3;/h5-7,9-10,16,20H,8,11-15H2,1-4H3,(H,23,24);1H. The minimum atomic E-state index is 0. The summed E-state index contributed by atoms with van der Waals surface area (Å²) in [7, 11) is 1.88. The molecule has 0 spiro atoms. The lowest BCUT2D eigenvalue weighted by molar-refractivity contribution is 0.234. The molecule has 0 aliphatic carbocycles. The Morgan fingerprint density at radius 2 is 2.04 bits per heavy atom. The monoisotopic (exact) mass is 496 g/mol. The second-order valence-corrected chi connectivity index (χ2v) is 7.61. The van der Waals surface area contributed by atoms with E-state index in [0.29, 0.717) is 11.8 Å². The number of halogens is 1. The molecule has 2 aromatic rings. The van der Waals surface area contributed by atoms with Crippen LogP contribution in [0.3, 0.4) is 0 Å². The van der Waals surface area contributed by atoms with Crippen molar-refractivity contribution >= 4 is 29.9 Å². The van der Waals surface area contributed by atoms with Crippen molar-refractivity contribution in [2.24, 2.45) is 10.9 Å². The maximum absolute atomic E-state index is 5.25. The lowest BCUT2D eigenvalue weighted by atomic mass is 9.82. The number of aryl methyl sites for hydroxylation is 2. The summed E-state index contributed by atoms with van der Waals surface area (Å²) >= 11 is 0. The number of hydrogen-bond donors (Lipinski definition) is 1. The Morgan fingerprint density at radius 1 is 1.29 bits per heavy atom. The molecule has 6 heteroatoms. The van der Waals surface area contributed by atoms with Crippen LogP contribution in [0.5, 0.6) is 0 Å². The van der Waals surface area contributed by atoms with E-state index in [-0.39, 0.29) is 24.0 Å². The van der Waals surface area contributed by atoms with Gasteiger partial charge in [-0.05, 0) is 50.5 Å². The average molecular weight is 496 g/mol. The van der Waals surface area contributed by atoms with Crippen LogP contribution in [0.4, 0.5) is 0 Å². The Hall–Kier alpha value is -1.57. The molecule has 1 aliphatic rings. The fourth-order valence-corrected chi connectivity index (χ4v) is 4.19. The van der Waals surface area contributed by atoms with E-state index in [2.05, 4.69) is 57.6 Å². The zero-order chi connectivity index (χ0) is 19.2. The Labute approximate surface area is 186 Å². The van der Waals surface area contributed by atoms with Crippen LogP contribution in [0.25, 0.3) is 0 Å². The highest BCUT2D eigenvalue weighted by Crippen LogP contribution is 2.32. The van der Waals surface area contributed by atoms with E-state index in [1.165, 1.54) is 17.5 Å². The Bertz CT molecular complexity index is 740. The summed E-state index contributed by atoms with van der Waals surface area (Å²) in [6, 6.07) is 10.9. The van der Waals surface area contributed by atoms with Crippen molar-refractivity contribution in [3.63, 3.8) is 0 Å². The van der Waals surface area contributed by atoms with E-state index >= 15 is 0 Å². The molecule has 1 N–H and O–H groups in total. The molecule has 0 bridgehead atoms. The minimum absolute atomic E-state index is 0. The third-order valence-corrected chi connectivity index (χ3v) is 5.71. The van der Waals surface area contributed by atoms with Crippen LogP contribution >= 0.6 is 24.0 Å². The molecule has 154 valence electrons. The first kappa shape index (κ1) is 22.7. The average Bonchev–Trinajstić information content (AvgIpc) is 3.00. The van der Waals surface area contributed by atoms with Gasteiger partial charge in [0, 0.05) is 32.2 Å². The van der Waals surface area contributed by atoms with Gasteiger partial charge in [0.15, 0.2) is 5.96 Å². The van der Waals surface area contributed by atoms with Gasteiger partial charge < -0.3 is 14.7 Å². The summed E-state index contributed by atoms with van der Waals surface area (Å²) < 4.78 is 5.25. The smallest absolute Gasteiger partial charge is 0.193 e. The van der Waals surface area contributed by atoms with Crippen molar-refractivity contribution in [3.05, 3.63) is 52.9 Å². The lowest BCUT2D eigenvalue weighted by Crippen LogP contribution is -2.48. The Morgan fingerprint density at radius 3 is 2.64 bits per heavy atom. The third-order valence-electron chi connectivity index (χ3n) is 5.71. The van der Waals surface area contributed by atoms with E-state index in [1.54, 1.807) is 0 Å². The van der Waals surface area contributed by atoms with Crippen LogP contribution in [-0.2, 0) is 6.42 Å². The number of aliphatic imine (C=N–C) groups is 1. The molecule has 5 nitrogen and oxygen atoms in total. The highest BCUT2D eigenvalue weighted by Gasteiger charge is 2.28. The van der Waals surface area contributed by atoms with E-state index in [1.807, 2.05) is 20.9 Å². The van der Waals surface area contributed by atoms with Gasteiger partial charge in [-0.3, -0.25) is 4.99 Å². The van der Waals surface area contributed by atoms with Crippen molar-refractivity contribution in [3.8, 4) is 0 Å². The molecule has 0 amide bonds. The van der Waals surface area contributed by atoms with Gasteiger partial charge >= 0.3 is 0 Å². The van der Waals surface area contributed by atoms with Gasteiger partial charge in [-0.15, -0.1) is 24.0 Å². The molecule has 1 fully saturated rings. The first-order valence-electron chi connectivity index (χ1n) is 10.0. The fraction of sp³-hybridized carbons (Fsp3) is 0.545. The summed E-state index contributed by atoms with van der Waals surface area (Å²) in [6.07, 6.45) is 3.19. The zero-order valence-electron chi connectivity index (χ0n) is 17.4. The molecule has 1 aromatic heterocycles. The number of guanidine groups is 1. The van der Waals surface area contributed by atoms with E-state index in [0.717, 1.165) is 49.9 Å². The van der Waals surface area contributed by atoms with Gasteiger partial charge in [-0.25, -0.2) is 0 Å². The van der Waals surface area contributed by atoms with E-state index in [9.17, 15) is 0 Å². The van der Waals surface area contributed by atoms with Gasteiger partial charge in [-0.2, -0.15) is 0 Å². The van der Waals surface area contributed by atoms with Crippen LogP contribution < -0.4 is 5.32 Å². The molecular weight excluding hydrogens is 463 g/mol. The number of hydrogen-bond acceptors (Lipinski definition) is 3. The van der Waals surface area contributed by atoms with Gasteiger partial charge in [0.25, 0.3) is 0 Å². The molecule has 0 radical (unpaired) electrons. The minimum Gasteiger partial charge on any atom is -0.361 e. The largest absolute Gasteiger partial charge is 0.361 e. The van der Waals surface area contributed by atoms with Crippen LogP contribution in [0.15, 0.2) is 39.8 Å². The summed E-state index contributed by atoms with van der Waals surface area (Å²) in [5.41, 5.74) is 3.71. The van der Waals surface area contributed by atoms with Crippen molar-refractivity contribution in [2.45, 2.75) is 46.0 Å². The molecule has 1 aliphatic heterocycles. The molecule has 1 saturated heterocycles. The maximum atomic E-state index is 5.25. The first-order valence-corrected chi connectivity index (χ1v) is 10.0. The summed E-state index contributed by atoms with van der Waals surface area (Å²) in [5.74, 6) is 3.21. The van der Waals surface area contributed by atoms with Crippen LogP contribution in [0, 0.1) is 19.8 Å². The number of benzene rings is 1. The lowest BCUT2D eigenvalue weighted by Gasteiger charge is -2.39. The van der Waals surface area contributed by atoms with Crippen LogP contribution in [-0.4, -0.2) is 42.7 Å². The van der Waals surface area contributed by atoms with Crippen molar-refractivity contribution < 1.29 is 4.52 Å². The summed E-state index contributed by atoms with van der Waals surface area (Å²) in [5, 5.41) is 7.57. The quantitative estimate of drug-likeness (QED) is 0.286. The summed E-state index contributed by atoms with van der Waals surface area (Å²) in [4.78, 5) is 6.92. The van der Waals surface area contributed by atoms with Gasteiger partial charge in [0.2, 0.25) is 0 Å². The molecule has 2 unspecified atom stereocenters. The number of nitrogens with one attached hydrogen (secondary N) is 1. The van der Waals surface area contributed by atoms with Crippen LogP contribution in [0.1, 0.15) is 48.3 Å². The normalized spacial score (nSPS) is 20.0. The number of piperidine rings is 1. The van der Waals surface area contributed by atoms with E-state index in [4.69, 9.17) is 4.52 Å². The Kier molecular flexibility index (Phi) is 8.79. The molecule has 2 atom stereocenters. The third kappa shape index (κ3) is 5.49. The summed E-state index contributed by atoms with van der Waals surface area (Å²) in [6.45, 7) is 9.35. The second-order valence-electron chi connectivity index (χ2n) is 7.61.